The summed E-state index contributed by atoms with van der Waals surface area (Å²) in [5.74, 6) is 0.411. The van der Waals surface area contributed by atoms with Crippen molar-refractivity contribution in [2.45, 2.75) is 25.7 Å². The molecule has 0 N–H and O–H groups in total. The number of likely N-dealkylation sites (tertiary alicyclic amines) is 1. The summed E-state index contributed by atoms with van der Waals surface area (Å²) in [5, 5.41) is 0.744. The first-order valence-electron chi connectivity index (χ1n) is 7.60. The van der Waals surface area contributed by atoms with E-state index in [2.05, 4.69) is 24.3 Å². The first-order chi connectivity index (χ1) is 10.2. The second kappa shape index (κ2) is 6.48. The molecule has 1 aliphatic carbocycles. The minimum absolute atomic E-state index is 0.114. The van der Waals surface area contributed by atoms with Gasteiger partial charge in [-0.3, -0.25) is 4.79 Å². The summed E-state index contributed by atoms with van der Waals surface area (Å²) in [6, 6.07) is 7.84. The van der Waals surface area contributed by atoms with E-state index in [-0.39, 0.29) is 5.92 Å². The SMILES string of the molecule is O=C1C(Cc2cccc(Cl)c2)CCN1CC1=CC=CCC1. The van der Waals surface area contributed by atoms with Crippen LogP contribution in [0.25, 0.3) is 0 Å². The summed E-state index contributed by atoms with van der Waals surface area (Å²) in [5.41, 5.74) is 2.52. The van der Waals surface area contributed by atoms with Crippen LogP contribution in [0.4, 0.5) is 0 Å². The van der Waals surface area contributed by atoms with Gasteiger partial charge in [-0.1, -0.05) is 47.5 Å². The molecule has 1 heterocycles. The number of halogens is 1. The fourth-order valence-corrected chi connectivity index (χ4v) is 3.34. The van der Waals surface area contributed by atoms with Crippen LogP contribution >= 0.6 is 11.6 Å². The van der Waals surface area contributed by atoms with Gasteiger partial charge in [-0.15, -0.1) is 0 Å². The smallest absolute Gasteiger partial charge is 0.226 e. The van der Waals surface area contributed by atoms with E-state index >= 15 is 0 Å². The molecule has 21 heavy (non-hydrogen) atoms. The maximum atomic E-state index is 12.5. The Labute approximate surface area is 131 Å². The van der Waals surface area contributed by atoms with Crippen molar-refractivity contribution in [3.05, 3.63) is 58.7 Å². The number of benzene rings is 1. The van der Waals surface area contributed by atoms with Crippen molar-refractivity contribution in [2.24, 2.45) is 5.92 Å². The van der Waals surface area contributed by atoms with Gasteiger partial charge >= 0.3 is 0 Å². The Hall–Kier alpha value is -1.54. The number of amides is 1. The quantitative estimate of drug-likeness (QED) is 0.823. The highest BCUT2D eigenvalue weighted by Crippen LogP contribution is 2.25. The molecule has 1 saturated heterocycles. The molecular formula is C18H20ClNO. The van der Waals surface area contributed by atoms with Crippen LogP contribution in [0.1, 0.15) is 24.8 Å². The van der Waals surface area contributed by atoms with E-state index in [0.717, 1.165) is 49.4 Å². The average molecular weight is 302 g/mol. The number of rotatable bonds is 4. The van der Waals surface area contributed by atoms with Crippen LogP contribution in [0.3, 0.4) is 0 Å². The molecule has 2 aliphatic rings. The fourth-order valence-electron chi connectivity index (χ4n) is 3.13. The van der Waals surface area contributed by atoms with E-state index in [1.54, 1.807) is 0 Å². The zero-order chi connectivity index (χ0) is 14.7. The molecule has 3 heteroatoms. The van der Waals surface area contributed by atoms with Crippen LogP contribution in [0, 0.1) is 5.92 Å². The summed E-state index contributed by atoms with van der Waals surface area (Å²) in [6.07, 6.45) is 10.4. The lowest BCUT2D eigenvalue weighted by Gasteiger charge is -2.19. The van der Waals surface area contributed by atoms with Gasteiger partial charge in [0.25, 0.3) is 0 Å². The van der Waals surface area contributed by atoms with E-state index in [4.69, 9.17) is 11.6 Å². The van der Waals surface area contributed by atoms with Gasteiger partial charge in [0, 0.05) is 24.0 Å². The van der Waals surface area contributed by atoms with Gasteiger partial charge in [0.15, 0.2) is 0 Å². The van der Waals surface area contributed by atoms with Crippen LogP contribution in [0.2, 0.25) is 5.02 Å². The Kier molecular flexibility index (Phi) is 4.45. The maximum absolute atomic E-state index is 12.5. The van der Waals surface area contributed by atoms with E-state index in [1.165, 1.54) is 5.57 Å². The molecule has 1 amide bonds. The van der Waals surface area contributed by atoms with Crippen LogP contribution < -0.4 is 0 Å². The number of carbonyl (C=O) groups is 1. The standard InChI is InChI=1S/C18H20ClNO/c19-17-8-4-7-15(12-17)11-16-9-10-20(18(16)21)13-14-5-2-1-3-6-14/h1-2,4-5,7-8,12,16H,3,6,9-11,13H2. The normalized spacial score (nSPS) is 21.8. The number of hydrogen-bond donors (Lipinski definition) is 0. The van der Waals surface area contributed by atoms with Gasteiger partial charge in [0.2, 0.25) is 5.91 Å². The third-order valence-electron chi connectivity index (χ3n) is 4.27. The third-order valence-corrected chi connectivity index (χ3v) is 4.51. The van der Waals surface area contributed by atoms with Crippen molar-refractivity contribution < 1.29 is 4.79 Å². The van der Waals surface area contributed by atoms with Gasteiger partial charge in [-0.2, -0.15) is 0 Å². The molecule has 1 fully saturated rings. The maximum Gasteiger partial charge on any atom is 0.226 e. The van der Waals surface area contributed by atoms with Crippen LogP contribution in [0.15, 0.2) is 48.1 Å². The van der Waals surface area contributed by atoms with Gasteiger partial charge in [0.05, 0.1) is 0 Å². The summed E-state index contributed by atoms with van der Waals surface area (Å²) in [7, 11) is 0. The van der Waals surface area contributed by atoms with Gasteiger partial charge in [0.1, 0.15) is 0 Å². The van der Waals surface area contributed by atoms with E-state index in [0.29, 0.717) is 5.91 Å². The van der Waals surface area contributed by atoms with Crippen molar-refractivity contribution in [3.8, 4) is 0 Å². The molecule has 0 aromatic heterocycles. The van der Waals surface area contributed by atoms with Gasteiger partial charge < -0.3 is 4.90 Å². The summed E-state index contributed by atoms with van der Waals surface area (Å²) in [4.78, 5) is 14.5. The summed E-state index contributed by atoms with van der Waals surface area (Å²) >= 11 is 6.01. The molecule has 1 unspecified atom stereocenters. The highest BCUT2D eigenvalue weighted by molar-refractivity contribution is 6.30. The molecule has 2 nitrogen and oxygen atoms in total. The van der Waals surface area contributed by atoms with E-state index in [9.17, 15) is 4.79 Å². The summed E-state index contributed by atoms with van der Waals surface area (Å²) < 4.78 is 0. The molecular weight excluding hydrogens is 282 g/mol. The fraction of sp³-hybridized carbons (Fsp3) is 0.389. The zero-order valence-corrected chi connectivity index (χ0v) is 12.9. The highest BCUT2D eigenvalue weighted by atomic mass is 35.5. The lowest BCUT2D eigenvalue weighted by molar-refractivity contribution is -0.130. The predicted octanol–water partition coefficient (Wildman–Crippen LogP) is 4.01. The van der Waals surface area contributed by atoms with Crippen molar-refractivity contribution in [3.63, 3.8) is 0 Å². The minimum Gasteiger partial charge on any atom is -0.338 e. The topological polar surface area (TPSA) is 20.3 Å². The molecule has 1 atom stereocenters. The lowest BCUT2D eigenvalue weighted by atomic mass is 9.98. The van der Waals surface area contributed by atoms with Gasteiger partial charge in [-0.25, -0.2) is 0 Å². The molecule has 0 bridgehead atoms. The molecule has 0 radical (unpaired) electrons. The van der Waals surface area contributed by atoms with Crippen molar-refractivity contribution in [1.82, 2.24) is 4.90 Å². The van der Waals surface area contributed by atoms with E-state index < -0.39 is 0 Å². The summed E-state index contributed by atoms with van der Waals surface area (Å²) in [6.45, 7) is 1.68. The molecule has 1 aliphatic heterocycles. The Bertz CT molecular complexity index is 591. The molecule has 0 saturated carbocycles. The first-order valence-corrected chi connectivity index (χ1v) is 7.98. The number of allylic oxidation sites excluding steroid dienone is 3. The first kappa shape index (κ1) is 14.4. The molecule has 1 aromatic rings. The van der Waals surface area contributed by atoms with Crippen molar-refractivity contribution >= 4 is 17.5 Å². The van der Waals surface area contributed by atoms with Crippen LogP contribution in [-0.2, 0) is 11.2 Å². The second-order valence-electron chi connectivity index (χ2n) is 5.87. The number of carbonyl (C=O) groups excluding carboxylic acids is 1. The highest BCUT2D eigenvalue weighted by Gasteiger charge is 2.31. The molecule has 0 spiro atoms. The Balaban J connectivity index is 1.61. The van der Waals surface area contributed by atoms with Gasteiger partial charge in [-0.05, 0) is 43.4 Å². The zero-order valence-electron chi connectivity index (χ0n) is 12.1. The Morgan fingerprint density at radius 2 is 2.24 bits per heavy atom. The van der Waals surface area contributed by atoms with Crippen LogP contribution in [-0.4, -0.2) is 23.9 Å². The third kappa shape index (κ3) is 3.56. The second-order valence-corrected chi connectivity index (χ2v) is 6.31. The van der Waals surface area contributed by atoms with E-state index in [1.807, 2.05) is 23.1 Å². The van der Waals surface area contributed by atoms with Crippen LogP contribution in [0.5, 0.6) is 0 Å². The average Bonchev–Trinajstić information content (AvgIpc) is 2.82. The number of nitrogens with zero attached hydrogens (tertiary/aromatic N) is 1. The molecule has 110 valence electrons. The minimum atomic E-state index is 0.114. The number of hydrogen-bond acceptors (Lipinski definition) is 1. The largest absolute Gasteiger partial charge is 0.338 e. The molecule has 3 rings (SSSR count). The van der Waals surface area contributed by atoms with Crippen molar-refractivity contribution in [2.75, 3.05) is 13.1 Å². The monoisotopic (exact) mass is 301 g/mol. The Morgan fingerprint density at radius 3 is 3.00 bits per heavy atom. The lowest BCUT2D eigenvalue weighted by Crippen LogP contribution is -2.30. The predicted molar refractivity (Wildman–Crippen MR) is 86.3 cm³/mol. The Morgan fingerprint density at radius 1 is 1.33 bits per heavy atom. The molecule has 1 aromatic carbocycles. The van der Waals surface area contributed by atoms with Crippen molar-refractivity contribution in [1.29, 1.82) is 0 Å².